The highest BCUT2D eigenvalue weighted by molar-refractivity contribution is 5.76. The molecule has 0 aromatic rings. The molecular weight excluding hydrogens is 695 g/mol. The van der Waals surface area contributed by atoms with Crippen molar-refractivity contribution >= 4 is 5.91 Å². The molecule has 7 unspecified atom stereocenters. The SMILES string of the molecule is C/C=C/CC/C=C/CC/C=C/C(O)C(COC1OC(CO)C(O)C(O)C1O)NC(=O)CCCCCCCCC/C=C\C/C=C\C/C=C\C/C=C\C/C=C\CC. The third-order valence-electron chi connectivity index (χ3n) is 9.22. The zero-order valence-electron chi connectivity index (χ0n) is 33.9. The highest BCUT2D eigenvalue weighted by Crippen LogP contribution is 2.22. The van der Waals surface area contributed by atoms with E-state index in [0.717, 1.165) is 89.9 Å². The van der Waals surface area contributed by atoms with E-state index < -0.39 is 49.5 Å². The van der Waals surface area contributed by atoms with Crippen LogP contribution in [-0.4, -0.2) is 87.5 Å². The molecule has 1 aliphatic heterocycles. The second-order valence-corrected chi connectivity index (χ2v) is 14.0. The smallest absolute Gasteiger partial charge is 0.220 e. The maximum Gasteiger partial charge on any atom is 0.220 e. The summed E-state index contributed by atoms with van der Waals surface area (Å²) in [6, 6.07) is -0.838. The number of amides is 1. The summed E-state index contributed by atoms with van der Waals surface area (Å²) in [5, 5.41) is 53.9. The first-order chi connectivity index (χ1) is 26.8. The van der Waals surface area contributed by atoms with E-state index in [9.17, 15) is 30.3 Å². The Morgan fingerprint density at radius 2 is 1.16 bits per heavy atom. The number of nitrogens with one attached hydrogen (secondary N) is 1. The lowest BCUT2D eigenvalue weighted by atomic mass is 9.99. The standard InChI is InChI=1S/C46H75NO8/c1-3-5-7-9-11-13-14-15-16-17-18-19-20-21-22-23-24-25-26-28-30-32-34-36-42(50)47-39(40(49)35-33-31-29-27-12-10-8-6-4-2)38-54-46-45(53)44(52)43(51)41(37-48)55-46/h4-7,11-13,15-16,18-19,21-22,27,33,35,39-41,43-46,48-49,51-53H,3,8-10,14,17,20,23-26,28-32,34,36-38H2,1-2H3,(H,47,50)/b6-4+,7-5-,13-11-,16-15-,19-18-,22-21-,27-12+,35-33+. The Hall–Kier alpha value is -2.89. The van der Waals surface area contributed by atoms with E-state index in [0.29, 0.717) is 6.42 Å². The van der Waals surface area contributed by atoms with Crippen molar-refractivity contribution < 1.29 is 39.8 Å². The zero-order valence-corrected chi connectivity index (χ0v) is 33.9. The van der Waals surface area contributed by atoms with Gasteiger partial charge in [-0.1, -0.05) is 136 Å². The van der Waals surface area contributed by atoms with Crippen molar-refractivity contribution in [1.29, 1.82) is 0 Å². The third-order valence-corrected chi connectivity index (χ3v) is 9.22. The van der Waals surface area contributed by atoms with Crippen LogP contribution in [0.25, 0.3) is 0 Å². The van der Waals surface area contributed by atoms with Gasteiger partial charge in [0.2, 0.25) is 5.91 Å². The van der Waals surface area contributed by atoms with Crippen molar-refractivity contribution in [1.82, 2.24) is 5.32 Å². The Balaban J connectivity index is 2.33. The first-order valence-corrected chi connectivity index (χ1v) is 20.9. The van der Waals surface area contributed by atoms with Gasteiger partial charge in [0.1, 0.15) is 24.4 Å². The van der Waals surface area contributed by atoms with Crippen molar-refractivity contribution in [2.24, 2.45) is 0 Å². The van der Waals surface area contributed by atoms with Crippen LogP contribution in [0.2, 0.25) is 0 Å². The number of rotatable bonds is 32. The third kappa shape index (κ3) is 26.6. The average molecular weight is 770 g/mol. The predicted molar refractivity (Wildman–Crippen MR) is 225 cm³/mol. The van der Waals surface area contributed by atoms with Gasteiger partial charge >= 0.3 is 0 Å². The summed E-state index contributed by atoms with van der Waals surface area (Å²) in [4.78, 5) is 12.9. The summed E-state index contributed by atoms with van der Waals surface area (Å²) >= 11 is 0. The molecule has 7 atom stereocenters. The molecule has 1 heterocycles. The van der Waals surface area contributed by atoms with E-state index in [1.54, 1.807) is 6.08 Å². The van der Waals surface area contributed by atoms with Crippen LogP contribution in [0.5, 0.6) is 0 Å². The molecule has 0 aliphatic carbocycles. The molecule has 1 rings (SSSR count). The molecule has 0 saturated carbocycles. The van der Waals surface area contributed by atoms with Gasteiger partial charge in [-0.05, 0) is 84.0 Å². The van der Waals surface area contributed by atoms with Crippen molar-refractivity contribution in [2.45, 2.75) is 172 Å². The van der Waals surface area contributed by atoms with E-state index in [-0.39, 0.29) is 12.5 Å². The van der Waals surface area contributed by atoms with Crippen LogP contribution in [0.4, 0.5) is 0 Å². The molecule has 1 saturated heterocycles. The fourth-order valence-electron chi connectivity index (χ4n) is 5.87. The van der Waals surface area contributed by atoms with E-state index in [1.165, 1.54) is 19.3 Å². The molecule has 0 bridgehead atoms. The normalized spacial score (nSPS) is 22.3. The van der Waals surface area contributed by atoms with Crippen LogP contribution in [0.1, 0.15) is 129 Å². The molecule has 9 heteroatoms. The number of aliphatic hydroxyl groups excluding tert-OH is 5. The predicted octanol–water partition coefficient (Wildman–Crippen LogP) is 8.16. The van der Waals surface area contributed by atoms with Crippen LogP contribution >= 0.6 is 0 Å². The fraction of sp³-hybridized carbons (Fsp3) is 0.630. The van der Waals surface area contributed by atoms with Gasteiger partial charge in [0.15, 0.2) is 6.29 Å². The second kappa shape index (κ2) is 35.5. The Bertz CT molecular complexity index is 1170. The van der Waals surface area contributed by atoms with Gasteiger partial charge in [0, 0.05) is 6.42 Å². The van der Waals surface area contributed by atoms with Gasteiger partial charge < -0.3 is 40.3 Å². The quantitative estimate of drug-likeness (QED) is 0.0297. The maximum absolute atomic E-state index is 12.9. The van der Waals surface area contributed by atoms with Crippen LogP contribution in [0.15, 0.2) is 97.2 Å². The molecule has 1 fully saturated rings. The molecule has 0 aromatic heterocycles. The molecule has 0 aromatic carbocycles. The second-order valence-electron chi connectivity index (χ2n) is 14.0. The van der Waals surface area contributed by atoms with Gasteiger partial charge in [0.25, 0.3) is 0 Å². The molecule has 9 nitrogen and oxygen atoms in total. The number of hydrogen-bond acceptors (Lipinski definition) is 8. The first kappa shape index (κ1) is 50.1. The summed E-state index contributed by atoms with van der Waals surface area (Å²) in [5.41, 5.74) is 0. The number of unbranched alkanes of at least 4 members (excludes halogenated alkanes) is 9. The van der Waals surface area contributed by atoms with Gasteiger partial charge in [-0.15, -0.1) is 0 Å². The Morgan fingerprint density at radius 3 is 1.75 bits per heavy atom. The molecular formula is C46H75NO8. The number of aliphatic hydroxyl groups is 5. The van der Waals surface area contributed by atoms with Crippen molar-refractivity contribution in [3.63, 3.8) is 0 Å². The lowest BCUT2D eigenvalue weighted by molar-refractivity contribution is -0.302. The Labute approximate surface area is 333 Å². The number of carbonyl (C=O) groups excluding carboxylic acids is 1. The van der Waals surface area contributed by atoms with Crippen LogP contribution in [0, 0.1) is 0 Å². The Morgan fingerprint density at radius 1 is 0.655 bits per heavy atom. The molecule has 0 radical (unpaired) electrons. The molecule has 55 heavy (non-hydrogen) atoms. The first-order valence-electron chi connectivity index (χ1n) is 20.9. The zero-order chi connectivity index (χ0) is 40.2. The van der Waals surface area contributed by atoms with Gasteiger partial charge in [-0.2, -0.15) is 0 Å². The summed E-state index contributed by atoms with van der Waals surface area (Å²) in [7, 11) is 0. The summed E-state index contributed by atoms with van der Waals surface area (Å²) < 4.78 is 11.1. The number of ether oxygens (including phenoxy) is 2. The van der Waals surface area contributed by atoms with E-state index in [1.807, 2.05) is 19.1 Å². The van der Waals surface area contributed by atoms with Gasteiger partial charge in [-0.25, -0.2) is 0 Å². The van der Waals surface area contributed by atoms with Crippen molar-refractivity contribution in [3.8, 4) is 0 Å². The van der Waals surface area contributed by atoms with Crippen molar-refractivity contribution in [3.05, 3.63) is 97.2 Å². The van der Waals surface area contributed by atoms with Crippen LogP contribution < -0.4 is 5.32 Å². The van der Waals surface area contributed by atoms with E-state index in [2.05, 4.69) is 91.2 Å². The average Bonchev–Trinajstić information content (AvgIpc) is 3.18. The minimum atomic E-state index is -1.58. The molecule has 6 N–H and O–H groups in total. The molecule has 1 amide bonds. The van der Waals surface area contributed by atoms with Gasteiger partial charge in [-0.3, -0.25) is 4.79 Å². The largest absolute Gasteiger partial charge is 0.394 e. The lowest BCUT2D eigenvalue weighted by Crippen LogP contribution is -2.60. The molecule has 312 valence electrons. The maximum atomic E-state index is 12.9. The topological polar surface area (TPSA) is 149 Å². The number of allylic oxidation sites excluding steroid dienone is 15. The Kier molecular flexibility index (Phi) is 32.4. The summed E-state index contributed by atoms with van der Waals surface area (Å²) in [6.07, 6.45) is 43.3. The number of hydrogen-bond donors (Lipinski definition) is 6. The molecule has 1 aliphatic rings. The fourth-order valence-corrected chi connectivity index (χ4v) is 5.87. The number of carbonyl (C=O) groups is 1. The highest BCUT2D eigenvalue weighted by Gasteiger charge is 2.44. The van der Waals surface area contributed by atoms with Crippen LogP contribution in [-0.2, 0) is 14.3 Å². The van der Waals surface area contributed by atoms with E-state index >= 15 is 0 Å². The highest BCUT2D eigenvalue weighted by atomic mass is 16.7. The van der Waals surface area contributed by atoms with Gasteiger partial charge in [0.05, 0.1) is 25.4 Å². The summed E-state index contributed by atoms with van der Waals surface area (Å²) in [6.45, 7) is 3.36. The summed E-state index contributed by atoms with van der Waals surface area (Å²) in [5.74, 6) is -0.212. The lowest BCUT2D eigenvalue weighted by Gasteiger charge is -2.40. The minimum absolute atomic E-state index is 0.212. The monoisotopic (exact) mass is 770 g/mol. The molecule has 0 spiro atoms. The van der Waals surface area contributed by atoms with Crippen molar-refractivity contribution in [2.75, 3.05) is 13.2 Å². The van der Waals surface area contributed by atoms with Crippen LogP contribution in [0.3, 0.4) is 0 Å². The minimum Gasteiger partial charge on any atom is -0.394 e. The van der Waals surface area contributed by atoms with E-state index in [4.69, 9.17) is 9.47 Å².